The molecule has 0 aromatic heterocycles. The summed E-state index contributed by atoms with van der Waals surface area (Å²) >= 11 is 3.13. The van der Waals surface area contributed by atoms with Gasteiger partial charge >= 0.3 is 6.18 Å². The Balaban J connectivity index is 3.18. The maximum atomic E-state index is 12.7. The fraction of sp³-hybridized carbons (Fsp3) is 0.400. The van der Waals surface area contributed by atoms with Crippen molar-refractivity contribution in [3.63, 3.8) is 0 Å². The highest BCUT2D eigenvalue weighted by atomic mass is 79.9. The normalized spacial score (nSPS) is 11.6. The van der Waals surface area contributed by atoms with Crippen molar-refractivity contribution in [2.24, 2.45) is 0 Å². The molecule has 0 amide bonds. The van der Waals surface area contributed by atoms with Crippen LogP contribution >= 0.6 is 15.9 Å². The van der Waals surface area contributed by atoms with E-state index in [0.717, 1.165) is 6.07 Å². The van der Waals surface area contributed by atoms with Crippen molar-refractivity contribution in [2.75, 3.05) is 25.1 Å². The quantitative estimate of drug-likeness (QED) is 0.927. The molecule has 1 N–H and O–H groups in total. The number of rotatable bonds is 3. The van der Waals surface area contributed by atoms with E-state index in [0.29, 0.717) is 4.47 Å². The van der Waals surface area contributed by atoms with Gasteiger partial charge in [-0.1, -0.05) is 15.9 Å². The van der Waals surface area contributed by atoms with Crippen LogP contribution in [0.15, 0.2) is 22.7 Å². The number of alkyl halides is 3. The highest BCUT2D eigenvalue weighted by molar-refractivity contribution is 9.10. The van der Waals surface area contributed by atoms with Crippen molar-refractivity contribution in [1.82, 2.24) is 0 Å². The Morgan fingerprint density at radius 3 is 2.50 bits per heavy atom. The minimum Gasteiger partial charge on any atom is -0.395 e. The number of anilines is 1. The molecule has 6 heteroatoms. The van der Waals surface area contributed by atoms with Gasteiger partial charge in [0.15, 0.2) is 0 Å². The fourth-order valence-electron chi connectivity index (χ4n) is 1.33. The molecule has 0 unspecified atom stereocenters. The number of hydrogen-bond acceptors (Lipinski definition) is 2. The van der Waals surface area contributed by atoms with Gasteiger partial charge < -0.3 is 10.0 Å². The Bertz CT molecular complexity index is 368. The van der Waals surface area contributed by atoms with Gasteiger partial charge in [0, 0.05) is 23.8 Å². The van der Waals surface area contributed by atoms with Crippen molar-refractivity contribution >= 4 is 21.6 Å². The first-order valence-corrected chi connectivity index (χ1v) is 5.34. The molecule has 0 aliphatic carbocycles. The Kier molecular flexibility index (Phi) is 4.21. The molecule has 90 valence electrons. The largest absolute Gasteiger partial charge is 0.418 e. The summed E-state index contributed by atoms with van der Waals surface area (Å²) in [5.41, 5.74) is -0.650. The summed E-state index contributed by atoms with van der Waals surface area (Å²) in [4.78, 5) is 1.37. The standard InChI is InChI=1S/C10H11BrF3NO/c1-15(4-5-16)9-6-7(11)2-3-8(9)10(12,13)14/h2-3,6,16H,4-5H2,1H3. The van der Waals surface area contributed by atoms with Crippen LogP contribution in [-0.2, 0) is 6.18 Å². The molecule has 0 heterocycles. The lowest BCUT2D eigenvalue weighted by Gasteiger charge is -2.22. The van der Waals surface area contributed by atoms with Gasteiger partial charge in [-0.2, -0.15) is 13.2 Å². The van der Waals surface area contributed by atoms with Gasteiger partial charge in [0.25, 0.3) is 0 Å². The molecule has 0 bridgehead atoms. The molecule has 0 saturated heterocycles. The van der Waals surface area contributed by atoms with Crippen LogP contribution in [0.4, 0.5) is 18.9 Å². The number of likely N-dealkylation sites (N-methyl/N-ethyl adjacent to an activating group) is 1. The van der Waals surface area contributed by atoms with Gasteiger partial charge in [-0.25, -0.2) is 0 Å². The van der Waals surface area contributed by atoms with Gasteiger partial charge in [-0.05, 0) is 18.2 Å². The molecule has 1 rings (SSSR count). The van der Waals surface area contributed by atoms with Crippen molar-refractivity contribution in [3.8, 4) is 0 Å². The van der Waals surface area contributed by atoms with E-state index in [-0.39, 0.29) is 18.8 Å². The molecule has 0 atom stereocenters. The van der Waals surface area contributed by atoms with Crippen LogP contribution in [0.1, 0.15) is 5.56 Å². The highest BCUT2D eigenvalue weighted by Gasteiger charge is 2.34. The predicted molar refractivity (Wildman–Crippen MR) is 59.5 cm³/mol. The number of aliphatic hydroxyl groups is 1. The summed E-state index contributed by atoms with van der Waals surface area (Å²) in [6.45, 7) is -0.0418. The Morgan fingerprint density at radius 2 is 2.00 bits per heavy atom. The van der Waals surface area contributed by atoms with Gasteiger partial charge in [0.05, 0.1) is 12.2 Å². The lowest BCUT2D eigenvalue weighted by molar-refractivity contribution is -0.137. The van der Waals surface area contributed by atoms with E-state index in [1.165, 1.54) is 24.1 Å². The Morgan fingerprint density at radius 1 is 1.38 bits per heavy atom. The molecule has 0 fully saturated rings. The zero-order valence-corrected chi connectivity index (χ0v) is 10.1. The van der Waals surface area contributed by atoms with Crippen LogP contribution in [0.3, 0.4) is 0 Å². The SMILES string of the molecule is CN(CCO)c1cc(Br)ccc1C(F)(F)F. The minimum atomic E-state index is -4.39. The average molecular weight is 298 g/mol. The second-order valence-corrected chi connectivity index (χ2v) is 4.22. The molecular formula is C10H11BrF3NO. The van der Waals surface area contributed by atoms with Crippen LogP contribution in [0.25, 0.3) is 0 Å². The van der Waals surface area contributed by atoms with Gasteiger partial charge in [-0.15, -0.1) is 0 Å². The highest BCUT2D eigenvalue weighted by Crippen LogP contribution is 2.37. The first kappa shape index (κ1) is 13.3. The van der Waals surface area contributed by atoms with Gasteiger partial charge in [0.1, 0.15) is 0 Å². The Labute approximate surface area is 99.8 Å². The van der Waals surface area contributed by atoms with E-state index in [9.17, 15) is 13.2 Å². The third-order valence-electron chi connectivity index (χ3n) is 2.11. The van der Waals surface area contributed by atoms with Crippen molar-refractivity contribution in [3.05, 3.63) is 28.2 Å². The zero-order valence-electron chi connectivity index (χ0n) is 8.55. The first-order chi connectivity index (χ1) is 7.36. The van der Waals surface area contributed by atoms with Gasteiger partial charge in [0.2, 0.25) is 0 Å². The average Bonchev–Trinajstić information content (AvgIpc) is 2.16. The summed E-state index contributed by atoms with van der Waals surface area (Å²) in [5, 5.41) is 8.73. The molecule has 0 radical (unpaired) electrons. The maximum absolute atomic E-state index is 12.7. The minimum absolute atomic E-state index is 0.0518. The van der Waals surface area contributed by atoms with Crippen LogP contribution in [0.5, 0.6) is 0 Å². The lowest BCUT2D eigenvalue weighted by Crippen LogP contribution is -2.24. The number of benzene rings is 1. The molecule has 16 heavy (non-hydrogen) atoms. The van der Waals surface area contributed by atoms with Crippen LogP contribution < -0.4 is 4.90 Å². The van der Waals surface area contributed by atoms with Crippen molar-refractivity contribution < 1.29 is 18.3 Å². The lowest BCUT2D eigenvalue weighted by atomic mass is 10.1. The van der Waals surface area contributed by atoms with E-state index >= 15 is 0 Å². The molecule has 0 aliphatic heterocycles. The molecule has 2 nitrogen and oxygen atoms in total. The van der Waals surface area contributed by atoms with Crippen molar-refractivity contribution in [1.29, 1.82) is 0 Å². The van der Waals surface area contributed by atoms with E-state index in [2.05, 4.69) is 15.9 Å². The number of aliphatic hydroxyl groups excluding tert-OH is 1. The summed E-state index contributed by atoms with van der Waals surface area (Å²) < 4.78 is 38.6. The zero-order chi connectivity index (χ0) is 12.3. The van der Waals surface area contributed by atoms with E-state index in [1.807, 2.05) is 0 Å². The summed E-state index contributed by atoms with van der Waals surface area (Å²) in [7, 11) is 1.51. The summed E-state index contributed by atoms with van der Waals surface area (Å²) in [5.74, 6) is 0. The number of hydrogen-bond donors (Lipinski definition) is 1. The summed E-state index contributed by atoms with van der Waals surface area (Å²) in [6, 6.07) is 3.75. The third kappa shape index (κ3) is 3.12. The maximum Gasteiger partial charge on any atom is 0.418 e. The fourth-order valence-corrected chi connectivity index (χ4v) is 1.68. The van der Waals surface area contributed by atoms with E-state index in [1.54, 1.807) is 0 Å². The van der Waals surface area contributed by atoms with E-state index < -0.39 is 11.7 Å². The van der Waals surface area contributed by atoms with Crippen LogP contribution in [0, 0.1) is 0 Å². The Hall–Kier alpha value is -0.750. The van der Waals surface area contributed by atoms with Gasteiger partial charge in [-0.3, -0.25) is 0 Å². The van der Waals surface area contributed by atoms with Crippen LogP contribution in [-0.4, -0.2) is 25.3 Å². The molecule has 0 saturated carbocycles. The second-order valence-electron chi connectivity index (χ2n) is 3.30. The number of halogens is 4. The topological polar surface area (TPSA) is 23.5 Å². The first-order valence-electron chi connectivity index (χ1n) is 4.55. The third-order valence-corrected chi connectivity index (χ3v) is 2.61. The number of nitrogens with zero attached hydrogens (tertiary/aromatic N) is 1. The molecule has 1 aromatic rings. The van der Waals surface area contributed by atoms with Crippen LogP contribution in [0.2, 0.25) is 0 Å². The van der Waals surface area contributed by atoms with E-state index in [4.69, 9.17) is 5.11 Å². The summed E-state index contributed by atoms with van der Waals surface area (Å²) in [6.07, 6.45) is -4.39. The molecule has 1 aromatic carbocycles. The van der Waals surface area contributed by atoms with Crippen molar-refractivity contribution in [2.45, 2.75) is 6.18 Å². The second kappa shape index (κ2) is 5.05. The molecule has 0 spiro atoms. The molecule has 0 aliphatic rings. The monoisotopic (exact) mass is 297 g/mol. The molecular weight excluding hydrogens is 287 g/mol. The smallest absolute Gasteiger partial charge is 0.395 e. The predicted octanol–water partition coefficient (Wildman–Crippen LogP) is 2.90.